The summed E-state index contributed by atoms with van der Waals surface area (Å²) in [5.41, 5.74) is 1.17. The number of hydrogen-bond acceptors (Lipinski definition) is 0. The number of hydrogen-bond donors (Lipinski definition) is 0. The standard InChI is InChI=1S/C8H8Cl/c1-2-7-5-3-4-6-8(7)9/h4-6H,2H2,1H3. The molecule has 1 aromatic carbocycles. The summed E-state index contributed by atoms with van der Waals surface area (Å²) in [5, 5.41) is 0.844. The summed E-state index contributed by atoms with van der Waals surface area (Å²) in [7, 11) is 0. The molecule has 1 radical (unpaired) electrons. The van der Waals surface area contributed by atoms with Crippen LogP contribution in [0.1, 0.15) is 12.5 Å². The largest absolute Gasteiger partial charge is 0.0840 e. The molecule has 1 aromatic rings. The maximum absolute atomic E-state index is 5.80. The van der Waals surface area contributed by atoms with E-state index in [1.54, 1.807) is 0 Å². The lowest BCUT2D eigenvalue weighted by Gasteiger charge is -1.95. The third-order valence-electron chi connectivity index (χ3n) is 1.27. The van der Waals surface area contributed by atoms with Crippen LogP contribution in [-0.4, -0.2) is 0 Å². The van der Waals surface area contributed by atoms with Gasteiger partial charge in [-0.05, 0) is 30.2 Å². The highest BCUT2D eigenvalue weighted by molar-refractivity contribution is 6.31. The molecule has 0 N–H and O–H groups in total. The van der Waals surface area contributed by atoms with E-state index in [0.29, 0.717) is 0 Å². The number of benzene rings is 1. The molecule has 0 unspecified atom stereocenters. The average molecular weight is 140 g/mol. The monoisotopic (exact) mass is 139 g/mol. The lowest BCUT2D eigenvalue weighted by molar-refractivity contribution is 1.14. The zero-order chi connectivity index (χ0) is 6.69. The first-order valence-electron chi connectivity index (χ1n) is 2.99. The Balaban J connectivity index is 3.01. The molecular weight excluding hydrogens is 132 g/mol. The first-order valence-corrected chi connectivity index (χ1v) is 3.37. The first kappa shape index (κ1) is 6.63. The van der Waals surface area contributed by atoms with Crippen molar-refractivity contribution in [2.75, 3.05) is 0 Å². The van der Waals surface area contributed by atoms with Gasteiger partial charge in [-0.25, -0.2) is 0 Å². The summed E-state index contributed by atoms with van der Waals surface area (Å²) < 4.78 is 0. The van der Waals surface area contributed by atoms with Crippen LogP contribution in [-0.2, 0) is 6.42 Å². The summed E-state index contributed by atoms with van der Waals surface area (Å²) in [6.07, 6.45) is 0.982. The molecule has 9 heavy (non-hydrogen) atoms. The molecular formula is C8H8Cl. The van der Waals surface area contributed by atoms with Gasteiger partial charge in [-0.2, -0.15) is 0 Å². The van der Waals surface area contributed by atoms with E-state index in [1.807, 2.05) is 18.2 Å². The minimum atomic E-state index is 0.844. The van der Waals surface area contributed by atoms with E-state index in [-0.39, 0.29) is 0 Å². The van der Waals surface area contributed by atoms with Gasteiger partial charge in [0.15, 0.2) is 0 Å². The zero-order valence-corrected chi connectivity index (χ0v) is 6.07. The lowest BCUT2D eigenvalue weighted by Crippen LogP contribution is -1.78. The van der Waals surface area contributed by atoms with Crippen molar-refractivity contribution in [1.29, 1.82) is 0 Å². The highest BCUT2D eigenvalue weighted by atomic mass is 35.5. The Hall–Kier alpha value is -0.490. The van der Waals surface area contributed by atoms with E-state index < -0.39 is 0 Å². The van der Waals surface area contributed by atoms with Crippen LogP contribution in [0.4, 0.5) is 0 Å². The summed E-state index contributed by atoms with van der Waals surface area (Å²) in [4.78, 5) is 0. The van der Waals surface area contributed by atoms with Gasteiger partial charge in [0, 0.05) is 5.02 Å². The second kappa shape index (κ2) is 2.88. The fraction of sp³-hybridized carbons (Fsp3) is 0.250. The van der Waals surface area contributed by atoms with Gasteiger partial charge in [0.25, 0.3) is 0 Å². The molecule has 0 bridgehead atoms. The molecule has 0 amide bonds. The summed E-state index contributed by atoms with van der Waals surface area (Å²) in [5.74, 6) is 0. The number of rotatable bonds is 1. The van der Waals surface area contributed by atoms with Gasteiger partial charge < -0.3 is 0 Å². The normalized spacial score (nSPS) is 9.56. The van der Waals surface area contributed by atoms with Crippen molar-refractivity contribution >= 4 is 11.6 Å². The molecule has 0 aliphatic carbocycles. The second-order valence-corrected chi connectivity index (χ2v) is 2.28. The maximum Gasteiger partial charge on any atom is 0.0438 e. The van der Waals surface area contributed by atoms with Crippen LogP contribution in [0.3, 0.4) is 0 Å². The van der Waals surface area contributed by atoms with Crippen LogP contribution in [0, 0.1) is 6.07 Å². The minimum absolute atomic E-state index is 0.844. The van der Waals surface area contributed by atoms with E-state index in [0.717, 1.165) is 11.4 Å². The Morgan fingerprint density at radius 2 is 2.44 bits per heavy atom. The highest BCUT2D eigenvalue weighted by Gasteiger charge is 1.92. The van der Waals surface area contributed by atoms with Gasteiger partial charge in [-0.15, -0.1) is 0 Å². The molecule has 47 valence electrons. The fourth-order valence-electron chi connectivity index (χ4n) is 0.717. The lowest BCUT2D eigenvalue weighted by atomic mass is 10.2. The van der Waals surface area contributed by atoms with Crippen LogP contribution in [0.5, 0.6) is 0 Å². The third kappa shape index (κ3) is 1.46. The highest BCUT2D eigenvalue weighted by Crippen LogP contribution is 2.13. The first-order chi connectivity index (χ1) is 4.34. The van der Waals surface area contributed by atoms with Gasteiger partial charge in [-0.3, -0.25) is 0 Å². The van der Waals surface area contributed by atoms with Crippen LogP contribution >= 0.6 is 11.6 Å². The van der Waals surface area contributed by atoms with Crippen molar-refractivity contribution in [3.63, 3.8) is 0 Å². The Kier molecular flexibility index (Phi) is 2.12. The van der Waals surface area contributed by atoms with Gasteiger partial charge >= 0.3 is 0 Å². The molecule has 1 heteroatoms. The van der Waals surface area contributed by atoms with E-state index in [1.165, 1.54) is 5.56 Å². The predicted octanol–water partition coefficient (Wildman–Crippen LogP) is 2.70. The second-order valence-electron chi connectivity index (χ2n) is 1.87. The zero-order valence-electron chi connectivity index (χ0n) is 5.32. The van der Waals surface area contributed by atoms with Crippen LogP contribution in [0.25, 0.3) is 0 Å². The van der Waals surface area contributed by atoms with Crippen molar-refractivity contribution in [3.05, 3.63) is 34.9 Å². The molecule has 1 rings (SSSR count). The Bertz CT molecular complexity index is 194. The molecule has 0 saturated heterocycles. The molecule has 0 atom stereocenters. The summed E-state index contributed by atoms with van der Waals surface area (Å²) >= 11 is 5.80. The van der Waals surface area contributed by atoms with E-state index in [9.17, 15) is 0 Å². The third-order valence-corrected chi connectivity index (χ3v) is 1.64. The van der Waals surface area contributed by atoms with Crippen LogP contribution in [0.15, 0.2) is 18.2 Å². The molecule has 0 aromatic heterocycles. The van der Waals surface area contributed by atoms with Crippen molar-refractivity contribution in [1.82, 2.24) is 0 Å². The average Bonchev–Trinajstić information content (AvgIpc) is 1.89. The summed E-state index contributed by atoms with van der Waals surface area (Å²) in [6.45, 7) is 2.08. The molecule has 0 nitrogen and oxygen atoms in total. The molecule has 0 aliphatic rings. The van der Waals surface area contributed by atoms with E-state index in [4.69, 9.17) is 11.6 Å². The minimum Gasteiger partial charge on any atom is -0.0840 e. The van der Waals surface area contributed by atoms with Crippen molar-refractivity contribution in [2.24, 2.45) is 0 Å². The molecule has 0 heterocycles. The Morgan fingerprint density at radius 1 is 1.67 bits per heavy atom. The molecule has 0 aliphatic heterocycles. The van der Waals surface area contributed by atoms with Gasteiger partial charge in [0.2, 0.25) is 0 Å². The van der Waals surface area contributed by atoms with E-state index >= 15 is 0 Å². The van der Waals surface area contributed by atoms with E-state index in [2.05, 4.69) is 13.0 Å². The smallest absolute Gasteiger partial charge is 0.0438 e. The SMILES string of the molecule is CCc1c[c]ccc1Cl. The molecule has 0 saturated carbocycles. The molecule has 0 spiro atoms. The van der Waals surface area contributed by atoms with Crippen LogP contribution < -0.4 is 0 Å². The van der Waals surface area contributed by atoms with Crippen molar-refractivity contribution in [2.45, 2.75) is 13.3 Å². The number of halogens is 1. The number of aryl methyl sites for hydroxylation is 1. The Labute approximate surface area is 60.5 Å². The molecule has 0 fully saturated rings. The predicted molar refractivity (Wildman–Crippen MR) is 39.7 cm³/mol. The topological polar surface area (TPSA) is 0 Å². The van der Waals surface area contributed by atoms with Gasteiger partial charge in [0.05, 0.1) is 0 Å². The van der Waals surface area contributed by atoms with Gasteiger partial charge in [0.1, 0.15) is 0 Å². The quantitative estimate of drug-likeness (QED) is 0.561. The van der Waals surface area contributed by atoms with Gasteiger partial charge in [-0.1, -0.05) is 24.6 Å². The summed E-state index contributed by atoms with van der Waals surface area (Å²) in [6, 6.07) is 8.57. The maximum atomic E-state index is 5.80. The van der Waals surface area contributed by atoms with Crippen molar-refractivity contribution < 1.29 is 0 Å². The fourth-order valence-corrected chi connectivity index (χ4v) is 0.968. The van der Waals surface area contributed by atoms with Crippen LogP contribution in [0.2, 0.25) is 5.02 Å². The Morgan fingerprint density at radius 3 is 2.89 bits per heavy atom. The van der Waals surface area contributed by atoms with Crippen molar-refractivity contribution in [3.8, 4) is 0 Å².